The second-order valence-corrected chi connectivity index (χ2v) is 4.67. The van der Waals surface area contributed by atoms with Crippen LogP contribution in [0.1, 0.15) is 26.3 Å². The normalized spacial score (nSPS) is 16.4. The molecule has 2 N–H and O–H groups in total. The maximum atomic E-state index is 14.3. The van der Waals surface area contributed by atoms with Crippen molar-refractivity contribution in [3.8, 4) is 0 Å². The third-order valence-corrected chi connectivity index (χ3v) is 2.85. The maximum Gasteiger partial charge on any atom is 0.150 e. The first kappa shape index (κ1) is 11.5. The summed E-state index contributed by atoms with van der Waals surface area (Å²) in [5, 5.41) is 0.597. The van der Waals surface area contributed by atoms with Crippen LogP contribution in [0.5, 0.6) is 0 Å². The van der Waals surface area contributed by atoms with Gasteiger partial charge >= 0.3 is 0 Å². The first-order valence-electron chi connectivity index (χ1n) is 4.49. The van der Waals surface area contributed by atoms with Crippen molar-refractivity contribution in [3.05, 3.63) is 34.9 Å². The van der Waals surface area contributed by atoms with Gasteiger partial charge in [0.15, 0.2) is 0 Å². The van der Waals surface area contributed by atoms with Gasteiger partial charge in [-0.25, -0.2) is 4.39 Å². The van der Waals surface area contributed by atoms with Crippen LogP contribution in [0.4, 0.5) is 4.39 Å². The Hall–Kier alpha value is -0.600. The molecule has 1 aromatic carbocycles. The molecule has 0 aromatic heterocycles. The fraction of sp³-hybridized carbons (Fsp3) is 0.455. The Labute approximate surface area is 89.1 Å². The lowest BCUT2D eigenvalue weighted by molar-refractivity contribution is 0.0955. The average Bonchev–Trinajstić information content (AvgIpc) is 2.03. The molecule has 0 radical (unpaired) electrons. The zero-order valence-electron chi connectivity index (χ0n) is 8.64. The van der Waals surface area contributed by atoms with Gasteiger partial charge in [-0.1, -0.05) is 23.7 Å². The van der Waals surface area contributed by atoms with E-state index in [9.17, 15) is 4.39 Å². The smallest absolute Gasteiger partial charge is 0.150 e. The molecule has 0 spiro atoms. The van der Waals surface area contributed by atoms with Crippen molar-refractivity contribution < 1.29 is 4.39 Å². The van der Waals surface area contributed by atoms with Crippen molar-refractivity contribution in [1.82, 2.24) is 0 Å². The van der Waals surface area contributed by atoms with Gasteiger partial charge < -0.3 is 5.73 Å². The van der Waals surface area contributed by atoms with Gasteiger partial charge in [0.2, 0.25) is 0 Å². The molecule has 0 aliphatic heterocycles. The van der Waals surface area contributed by atoms with E-state index in [2.05, 4.69) is 0 Å². The molecule has 1 unspecified atom stereocenters. The van der Waals surface area contributed by atoms with Crippen LogP contribution in [-0.4, -0.2) is 5.54 Å². The van der Waals surface area contributed by atoms with E-state index in [0.717, 1.165) is 0 Å². The third kappa shape index (κ3) is 2.07. The Morgan fingerprint density at radius 1 is 1.14 bits per heavy atom. The largest absolute Gasteiger partial charge is 0.323 e. The van der Waals surface area contributed by atoms with Crippen molar-refractivity contribution >= 4 is 11.6 Å². The lowest BCUT2D eigenvalue weighted by Gasteiger charge is -2.34. The van der Waals surface area contributed by atoms with Crippen molar-refractivity contribution in [2.24, 2.45) is 5.73 Å². The maximum absolute atomic E-state index is 14.3. The molecule has 0 amide bonds. The molecule has 0 aliphatic rings. The van der Waals surface area contributed by atoms with E-state index in [1.165, 1.54) is 6.92 Å². The van der Waals surface area contributed by atoms with Gasteiger partial charge in [0.05, 0.1) is 0 Å². The number of nitrogens with two attached hydrogens (primary N) is 1. The number of alkyl halides is 1. The molecule has 0 saturated carbocycles. The first-order chi connectivity index (χ1) is 6.25. The van der Waals surface area contributed by atoms with Gasteiger partial charge in [0.1, 0.15) is 5.67 Å². The van der Waals surface area contributed by atoms with E-state index in [-0.39, 0.29) is 0 Å². The minimum absolute atomic E-state index is 0.550. The van der Waals surface area contributed by atoms with Crippen molar-refractivity contribution in [2.75, 3.05) is 0 Å². The summed E-state index contributed by atoms with van der Waals surface area (Å²) in [6, 6.07) is 6.66. The summed E-state index contributed by atoms with van der Waals surface area (Å²) in [5.41, 5.74) is 3.85. The summed E-state index contributed by atoms with van der Waals surface area (Å²) in [4.78, 5) is 0. The SMILES string of the molecule is CC(C)(N)C(C)(F)c1ccc(Cl)cc1. The molecule has 3 heteroatoms. The average molecular weight is 216 g/mol. The highest BCUT2D eigenvalue weighted by atomic mass is 35.5. The van der Waals surface area contributed by atoms with Gasteiger partial charge in [0.25, 0.3) is 0 Å². The number of halogens is 2. The zero-order chi connectivity index (χ0) is 11.0. The Bertz CT molecular complexity index is 311. The van der Waals surface area contributed by atoms with E-state index in [4.69, 9.17) is 17.3 Å². The molecular formula is C11H15ClFN. The highest BCUT2D eigenvalue weighted by Gasteiger charge is 2.39. The molecule has 0 heterocycles. The van der Waals surface area contributed by atoms with Crippen LogP contribution < -0.4 is 5.73 Å². The van der Waals surface area contributed by atoms with Crippen molar-refractivity contribution in [3.63, 3.8) is 0 Å². The number of rotatable bonds is 2. The van der Waals surface area contributed by atoms with Crippen molar-refractivity contribution in [1.29, 1.82) is 0 Å². The second-order valence-electron chi connectivity index (χ2n) is 4.23. The summed E-state index contributed by atoms with van der Waals surface area (Å²) >= 11 is 5.72. The summed E-state index contributed by atoms with van der Waals surface area (Å²) < 4.78 is 14.3. The van der Waals surface area contributed by atoms with Crippen LogP contribution in [-0.2, 0) is 5.67 Å². The minimum Gasteiger partial charge on any atom is -0.323 e. The molecule has 78 valence electrons. The summed E-state index contributed by atoms with van der Waals surface area (Å²) in [7, 11) is 0. The quantitative estimate of drug-likeness (QED) is 0.805. The summed E-state index contributed by atoms with van der Waals surface area (Å²) in [5.74, 6) is 0. The molecule has 0 saturated heterocycles. The predicted molar refractivity (Wildman–Crippen MR) is 58.2 cm³/mol. The molecule has 0 aliphatic carbocycles. The second kappa shape index (κ2) is 3.52. The molecular weight excluding hydrogens is 201 g/mol. The summed E-state index contributed by atoms with van der Waals surface area (Å²) in [6.07, 6.45) is 0. The van der Waals surface area contributed by atoms with E-state index >= 15 is 0 Å². The van der Waals surface area contributed by atoms with Gasteiger partial charge in [0, 0.05) is 10.6 Å². The zero-order valence-corrected chi connectivity index (χ0v) is 9.40. The molecule has 1 rings (SSSR count). The minimum atomic E-state index is -1.56. The summed E-state index contributed by atoms with van der Waals surface area (Å²) in [6.45, 7) is 4.82. The van der Waals surface area contributed by atoms with Gasteiger partial charge in [-0.05, 0) is 38.5 Å². The van der Waals surface area contributed by atoms with Crippen LogP contribution >= 0.6 is 11.6 Å². The Kier molecular flexibility index (Phi) is 2.88. The Morgan fingerprint density at radius 2 is 1.57 bits per heavy atom. The first-order valence-corrected chi connectivity index (χ1v) is 4.87. The topological polar surface area (TPSA) is 26.0 Å². The predicted octanol–water partition coefficient (Wildman–Crippen LogP) is 3.26. The fourth-order valence-electron chi connectivity index (χ4n) is 1.13. The van der Waals surface area contributed by atoms with Crippen LogP contribution in [0.25, 0.3) is 0 Å². The Morgan fingerprint density at radius 3 is 1.93 bits per heavy atom. The van der Waals surface area contributed by atoms with Crippen LogP contribution in [0.3, 0.4) is 0 Å². The highest BCUT2D eigenvalue weighted by Crippen LogP contribution is 2.35. The van der Waals surface area contributed by atoms with Crippen molar-refractivity contribution in [2.45, 2.75) is 32.0 Å². The molecule has 1 atom stereocenters. The third-order valence-electron chi connectivity index (χ3n) is 2.60. The van der Waals surface area contributed by atoms with E-state index < -0.39 is 11.2 Å². The van der Waals surface area contributed by atoms with Crippen LogP contribution in [0.2, 0.25) is 5.02 Å². The highest BCUT2D eigenvalue weighted by molar-refractivity contribution is 6.30. The number of hydrogen-bond acceptors (Lipinski definition) is 1. The van der Waals surface area contributed by atoms with Gasteiger partial charge in [-0.15, -0.1) is 0 Å². The van der Waals surface area contributed by atoms with Crippen LogP contribution in [0, 0.1) is 0 Å². The fourth-order valence-corrected chi connectivity index (χ4v) is 1.26. The van der Waals surface area contributed by atoms with E-state index in [1.54, 1.807) is 38.1 Å². The molecule has 14 heavy (non-hydrogen) atoms. The monoisotopic (exact) mass is 215 g/mol. The molecule has 1 nitrogen and oxygen atoms in total. The van der Waals surface area contributed by atoms with E-state index in [1.807, 2.05) is 0 Å². The molecule has 0 fully saturated rings. The molecule has 0 bridgehead atoms. The number of hydrogen-bond donors (Lipinski definition) is 1. The Balaban J connectivity index is 3.10. The molecule has 1 aromatic rings. The standard InChI is InChI=1S/C11H15ClFN/c1-10(2,14)11(3,13)8-4-6-9(12)7-5-8/h4-7H,14H2,1-3H3. The van der Waals surface area contributed by atoms with Crippen LogP contribution in [0.15, 0.2) is 24.3 Å². The van der Waals surface area contributed by atoms with Gasteiger partial charge in [-0.2, -0.15) is 0 Å². The number of benzene rings is 1. The lowest BCUT2D eigenvalue weighted by Crippen LogP contribution is -2.49. The lowest BCUT2D eigenvalue weighted by atomic mass is 9.81. The van der Waals surface area contributed by atoms with E-state index in [0.29, 0.717) is 10.6 Å². The van der Waals surface area contributed by atoms with Gasteiger partial charge in [-0.3, -0.25) is 0 Å².